The van der Waals surface area contributed by atoms with Crippen molar-refractivity contribution >= 4 is 46.2 Å². The molecule has 1 aliphatic heterocycles. The molecule has 4 heteroatoms. The number of aryl methyl sites for hydroxylation is 1. The Morgan fingerprint density at radius 1 is 1.13 bits per heavy atom. The van der Waals surface area contributed by atoms with E-state index < -0.39 is 0 Å². The summed E-state index contributed by atoms with van der Waals surface area (Å²) in [5, 5.41) is 2.58. The van der Waals surface area contributed by atoms with Gasteiger partial charge in [-0.05, 0) is 62.9 Å². The van der Waals surface area contributed by atoms with E-state index in [9.17, 15) is 0 Å². The van der Waals surface area contributed by atoms with Gasteiger partial charge in [0.2, 0.25) is 5.52 Å². The third-order valence-corrected chi connectivity index (χ3v) is 7.42. The monoisotopic (exact) mass is 445 g/mol. The summed E-state index contributed by atoms with van der Waals surface area (Å²) in [5.41, 5.74) is 5.09. The predicted octanol–water partition coefficient (Wildman–Crippen LogP) is 7.30. The van der Waals surface area contributed by atoms with Crippen LogP contribution in [0.4, 0.5) is 5.69 Å². The fraction of sp³-hybridized carbons (Fsp3) is 0.222. The second-order valence-electron chi connectivity index (χ2n) is 7.50. The van der Waals surface area contributed by atoms with Crippen LogP contribution in [0.15, 0.2) is 93.3 Å². The first-order valence-corrected chi connectivity index (χ1v) is 12.8. The molecule has 3 aromatic rings. The molecule has 0 unspecified atom stereocenters. The van der Waals surface area contributed by atoms with E-state index in [4.69, 9.17) is 0 Å². The van der Waals surface area contributed by atoms with Crippen molar-refractivity contribution in [3.8, 4) is 0 Å². The minimum atomic E-state index is 0.972. The van der Waals surface area contributed by atoms with E-state index in [-0.39, 0.29) is 0 Å². The third kappa shape index (κ3) is 4.60. The summed E-state index contributed by atoms with van der Waals surface area (Å²) in [6.45, 7) is 8.51. The number of pyridine rings is 1. The molecule has 0 bridgehead atoms. The van der Waals surface area contributed by atoms with Gasteiger partial charge in [0.25, 0.3) is 0 Å². The van der Waals surface area contributed by atoms with Gasteiger partial charge in [0.1, 0.15) is 6.54 Å². The Kier molecular flexibility index (Phi) is 6.89. The molecule has 4 rings (SSSR count). The quantitative estimate of drug-likeness (QED) is 0.223. The highest BCUT2D eigenvalue weighted by molar-refractivity contribution is 8.03. The average Bonchev–Trinajstić information content (AvgIpc) is 3.17. The standard InChI is InChI=1S/C27H29N2S2/c1-5-28-18-17-21(23-9-7-8-10-24(23)28)13-11-20(3)12-16-27-29(6-2)25-19-22(30-4)14-15-26(25)31-27/h7-19H,5-6H2,1-4H3/q+1. The second-order valence-corrected chi connectivity index (χ2v) is 9.45. The third-order valence-electron chi connectivity index (χ3n) is 5.57. The summed E-state index contributed by atoms with van der Waals surface area (Å²) in [7, 11) is 0. The fourth-order valence-electron chi connectivity index (χ4n) is 3.87. The van der Waals surface area contributed by atoms with E-state index in [0.717, 1.165) is 13.1 Å². The molecule has 158 valence electrons. The highest BCUT2D eigenvalue weighted by atomic mass is 32.2. The van der Waals surface area contributed by atoms with Crippen LogP contribution in [0.2, 0.25) is 0 Å². The Hall–Kier alpha value is -2.43. The number of benzene rings is 2. The summed E-state index contributed by atoms with van der Waals surface area (Å²) in [6, 6.07) is 17.6. The zero-order chi connectivity index (χ0) is 21.8. The summed E-state index contributed by atoms with van der Waals surface area (Å²) >= 11 is 3.65. The Morgan fingerprint density at radius 2 is 1.97 bits per heavy atom. The minimum absolute atomic E-state index is 0.972. The molecule has 2 aromatic carbocycles. The van der Waals surface area contributed by atoms with Crippen LogP contribution < -0.4 is 9.47 Å². The van der Waals surface area contributed by atoms with Crippen LogP contribution in [0.1, 0.15) is 26.3 Å². The Bertz CT molecular complexity index is 1190. The zero-order valence-electron chi connectivity index (χ0n) is 18.6. The van der Waals surface area contributed by atoms with Crippen LogP contribution in [0.5, 0.6) is 0 Å². The Balaban J connectivity index is 1.58. The molecule has 31 heavy (non-hydrogen) atoms. The molecule has 0 fully saturated rings. The van der Waals surface area contributed by atoms with Crippen molar-refractivity contribution in [2.45, 2.75) is 37.1 Å². The van der Waals surface area contributed by atoms with Crippen molar-refractivity contribution < 1.29 is 4.57 Å². The summed E-state index contributed by atoms with van der Waals surface area (Å²) in [6.07, 6.45) is 13.2. The van der Waals surface area contributed by atoms with Gasteiger partial charge >= 0.3 is 0 Å². The molecule has 0 N–H and O–H groups in total. The molecule has 0 spiro atoms. The Labute approximate surface area is 194 Å². The van der Waals surface area contributed by atoms with Gasteiger partial charge in [-0.15, -0.1) is 11.8 Å². The number of nitrogens with zero attached hydrogens (tertiary/aromatic N) is 2. The van der Waals surface area contributed by atoms with E-state index in [1.165, 1.54) is 42.5 Å². The van der Waals surface area contributed by atoms with E-state index in [0.29, 0.717) is 0 Å². The number of allylic oxidation sites excluding steroid dienone is 4. The maximum absolute atomic E-state index is 2.40. The fourth-order valence-corrected chi connectivity index (χ4v) is 5.41. The topological polar surface area (TPSA) is 7.12 Å². The molecule has 1 aromatic heterocycles. The summed E-state index contributed by atoms with van der Waals surface area (Å²) in [5.74, 6) is 0. The summed E-state index contributed by atoms with van der Waals surface area (Å²) in [4.78, 5) is 5.06. The number of rotatable bonds is 6. The number of hydrogen-bond acceptors (Lipinski definition) is 3. The number of hydrogen-bond donors (Lipinski definition) is 0. The van der Waals surface area contributed by atoms with Crippen molar-refractivity contribution in [3.05, 3.63) is 89.1 Å². The van der Waals surface area contributed by atoms with Crippen LogP contribution in [0, 0.1) is 0 Å². The molecule has 2 nitrogen and oxygen atoms in total. The number of aromatic nitrogens is 1. The largest absolute Gasteiger partial charge is 0.335 e. The van der Waals surface area contributed by atoms with E-state index in [1.54, 1.807) is 11.8 Å². The molecular weight excluding hydrogens is 416 g/mol. The number of para-hydroxylation sites is 1. The number of fused-ring (bicyclic) bond motifs is 2. The van der Waals surface area contributed by atoms with Crippen LogP contribution in [-0.2, 0) is 6.54 Å². The second kappa shape index (κ2) is 9.80. The Morgan fingerprint density at radius 3 is 2.74 bits per heavy atom. The van der Waals surface area contributed by atoms with Gasteiger partial charge < -0.3 is 4.90 Å². The molecule has 0 atom stereocenters. The van der Waals surface area contributed by atoms with Gasteiger partial charge in [-0.25, -0.2) is 0 Å². The average molecular weight is 446 g/mol. The lowest BCUT2D eigenvalue weighted by molar-refractivity contribution is -0.667. The first-order valence-electron chi connectivity index (χ1n) is 10.8. The van der Waals surface area contributed by atoms with Crippen molar-refractivity contribution in [2.24, 2.45) is 0 Å². The molecule has 1 aliphatic rings. The van der Waals surface area contributed by atoms with E-state index in [2.05, 4.69) is 116 Å². The smallest absolute Gasteiger partial charge is 0.213 e. The van der Waals surface area contributed by atoms with Crippen LogP contribution >= 0.6 is 23.5 Å². The first kappa shape index (κ1) is 21.8. The molecule has 0 aliphatic carbocycles. The van der Waals surface area contributed by atoms with Gasteiger partial charge in [-0.1, -0.05) is 47.7 Å². The van der Waals surface area contributed by atoms with Gasteiger partial charge in [0, 0.05) is 28.5 Å². The maximum atomic E-state index is 2.40. The van der Waals surface area contributed by atoms with Crippen LogP contribution in [-0.4, -0.2) is 12.8 Å². The van der Waals surface area contributed by atoms with Crippen LogP contribution in [0.25, 0.3) is 17.0 Å². The van der Waals surface area contributed by atoms with Crippen molar-refractivity contribution in [1.29, 1.82) is 0 Å². The molecule has 0 saturated heterocycles. The molecule has 0 amide bonds. The normalized spacial score (nSPS) is 15.4. The van der Waals surface area contributed by atoms with E-state index >= 15 is 0 Å². The molecular formula is C27H29N2S2+. The van der Waals surface area contributed by atoms with Gasteiger partial charge in [0.15, 0.2) is 6.20 Å². The number of thioether (sulfide) groups is 2. The molecule has 0 radical (unpaired) electrons. The van der Waals surface area contributed by atoms with Gasteiger partial charge in [0.05, 0.1) is 16.1 Å². The maximum Gasteiger partial charge on any atom is 0.213 e. The first-order chi connectivity index (χ1) is 15.1. The van der Waals surface area contributed by atoms with Gasteiger partial charge in [-0.2, -0.15) is 4.57 Å². The lowest BCUT2D eigenvalue weighted by Gasteiger charge is -2.18. The highest BCUT2D eigenvalue weighted by Crippen LogP contribution is 2.47. The zero-order valence-corrected chi connectivity index (χ0v) is 20.3. The SMILES string of the molecule is CCN1/C(=C/C=C(C)/C=C/c2cc[n+](CC)c3ccccc23)Sc2ccc(SC)cc21. The van der Waals surface area contributed by atoms with Gasteiger partial charge in [-0.3, -0.25) is 0 Å². The van der Waals surface area contributed by atoms with Crippen molar-refractivity contribution in [2.75, 3.05) is 17.7 Å². The molecule has 0 saturated carbocycles. The lowest BCUT2D eigenvalue weighted by atomic mass is 10.1. The summed E-state index contributed by atoms with van der Waals surface area (Å²) < 4.78 is 2.29. The minimum Gasteiger partial charge on any atom is -0.335 e. The van der Waals surface area contributed by atoms with E-state index in [1.807, 2.05) is 11.8 Å². The lowest BCUT2D eigenvalue weighted by Crippen LogP contribution is -2.32. The number of anilines is 1. The predicted molar refractivity (Wildman–Crippen MR) is 138 cm³/mol. The highest BCUT2D eigenvalue weighted by Gasteiger charge is 2.23. The van der Waals surface area contributed by atoms with Crippen molar-refractivity contribution in [1.82, 2.24) is 0 Å². The van der Waals surface area contributed by atoms with Crippen molar-refractivity contribution in [3.63, 3.8) is 0 Å². The van der Waals surface area contributed by atoms with Crippen LogP contribution in [0.3, 0.4) is 0 Å². The molecule has 2 heterocycles.